The molecule has 0 bridgehead atoms. The molecular formula is C15H16BrNO. The zero-order chi connectivity index (χ0) is 13.0. The monoisotopic (exact) mass is 305 g/mol. The van der Waals surface area contributed by atoms with Crippen molar-refractivity contribution in [3.63, 3.8) is 0 Å². The Morgan fingerprint density at radius 3 is 2.72 bits per heavy atom. The number of rotatable bonds is 4. The van der Waals surface area contributed by atoms with Crippen LogP contribution in [0, 0.1) is 0 Å². The Balaban J connectivity index is 2.15. The number of carbonyl (C=O) groups excluding carboxylic acids is 1. The fraction of sp³-hybridized carbons (Fsp3) is 0.267. The third-order valence-electron chi connectivity index (χ3n) is 2.98. The second kappa shape index (κ2) is 6.01. The number of nitrogens with one attached hydrogen (secondary N) is 1. The predicted molar refractivity (Wildman–Crippen MR) is 78.8 cm³/mol. The number of alkyl halides is 1. The maximum atomic E-state index is 11.7. The van der Waals surface area contributed by atoms with E-state index < -0.39 is 0 Å². The largest absolute Gasteiger partial charge is 0.351 e. The van der Waals surface area contributed by atoms with Crippen LogP contribution in [0.15, 0.2) is 42.5 Å². The van der Waals surface area contributed by atoms with Gasteiger partial charge in [0, 0.05) is 6.54 Å². The first kappa shape index (κ1) is 13.1. The summed E-state index contributed by atoms with van der Waals surface area (Å²) in [7, 11) is 0. The molecule has 2 nitrogen and oxygen atoms in total. The van der Waals surface area contributed by atoms with Gasteiger partial charge in [-0.3, -0.25) is 4.79 Å². The van der Waals surface area contributed by atoms with Crippen molar-refractivity contribution >= 4 is 32.6 Å². The van der Waals surface area contributed by atoms with Gasteiger partial charge in [0.25, 0.3) is 0 Å². The van der Waals surface area contributed by atoms with Gasteiger partial charge in [0.15, 0.2) is 0 Å². The topological polar surface area (TPSA) is 29.1 Å². The predicted octanol–water partition coefficient (Wildman–Crippen LogP) is 3.63. The summed E-state index contributed by atoms with van der Waals surface area (Å²) >= 11 is 3.35. The number of amides is 1. The molecule has 0 fully saturated rings. The van der Waals surface area contributed by atoms with E-state index in [4.69, 9.17) is 0 Å². The molecule has 1 N–H and O–H groups in total. The van der Waals surface area contributed by atoms with Crippen LogP contribution < -0.4 is 5.32 Å². The number of fused-ring (bicyclic) bond motifs is 1. The molecule has 0 aromatic heterocycles. The zero-order valence-corrected chi connectivity index (χ0v) is 11.9. The summed E-state index contributed by atoms with van der Waals surface area (Å²) in [5.41, 5.74) is 1.15. The van der Waals surface area contributed by atoms with Gasteiger partial charge < -0.3 is 5.32 Å². The summed E-state index contributed by atoms with van der Waals surface area (Å²) in [6.07, 6.45) is 0.793. The summed E-state index contributed by atoms with van der Waals surface area (Å²) in [6.45, 7) is 2.55. The molecule has 3 heteroatoms. The van der Waals surface area contributed by atoms with Crippen molar-refractivity contribution in [2.24, 2.45) is 0 Å². The van der Waals surface area contributed by atoms with Crippen molar-refractivity contribution in [2.75, 3.05) is 0 Å². The van der Waals surface area contributed by atoms with Crippen LogP contribution in [0.1, 0.15) is 18.9 Å². The van der Waals surface area contributed by atoms with E-state index in [1.807, 2.05) is 25.1 Å². The van der Waals surface area contributed by atoms with Crippen LogP contribution in [0.2, 0.25) is 0 Å². The molecule has 0 saturated carbocycles. The maximum Gasteiger partial charge on any atom is 0.234 e. The lowest BCUT2D eigenvalue weighted by atomic mass is 10.0. The molecule has 0 aliphatic rings. The van der Waals surface area contributed by atoms with Crippen molar-refractivity contribution < 1.29 is 4.79 Å². The van der Waals surface area contributed by atoms with Crippen molar-refractivity contribution in [2.45, 2.75) is 24.7 Å². The van der Waals surface area contributed by atoms with E-state index in [0.29, 0.717) is 6.54 Å². The highest BCUT2D eigenvalue weighted by molar-refractivity contribution is 9.10. The molecule has 0 saturated heterocycles. The van der Waals surface area contributed by atoms with Gasteiger partial charge in [0.1, 0.15) is 0 Å². The molecule has 1 atom stereocenters. The minimum absolute atomic E-state index is 0.0467. The van der Waals surface area contributed by atoms with Crippen LogP contribution in [-0.4, -0.2) is 10.7 Å². The van der Waals surface area contributed by atoms with Crippen molar-refractivity contribution in [1.82, 2.24) is 5.32 Å². The van der Waals surface area contributed by atoms with Gasteiger partial charge in [-0.15, -0.1) is 0 Å². The summed E-state index contributed by atoms with van der Waals surface area (Å²) in [5.74, 6) is 0.0467. The summed E-state index contributed by atoms with van der Waals surface area (Å²) < 4.78 is 0. The van der Waals surface area contributed by atoms with E-state index in [0.717, 1.165) is 12.0 Å². The Morgan fingerprint density at radius 1 is 1.22 bits per heavy atom. The van der Waals surface area contributed by atoms with Gasteiger partial charge in [0.05, 0.1) is 4.83 Å². The number of hydrogen-bond donors (Lipinski definition) is 1. The van der Waals surface area contributed by atoms with Gasteiger partial charge in [-0.1, -0.05) is 65.3 Å². The van der Waals surface area contributed by atoms with Gasteiger partial charge >= 0.3 is 0 Å². The van der Waals surface area contributed by atoms with Crippen molar-refractivity contribution in [1.29, 1.82) is 0 Å². The first-order valence-corrected chi connectivity index (χ1v) is 7.02. The van der Waals surface area contributed by atoms with Crippen LogP contribution >= 0.6 is 15.9 Å². The number of benzene rings is 2. The molecule has 1 unspecified atom stereocenters. The quantitative estimate of drug-likeness (QED) is 0.859. The summed E-state index contributed by atoms with van der Waals surface area (Å²) in [4.78, 5) is 11.6. The molecule has 0 spiro atoms. The highest BCUT2D eigenvalue weighted by Crippen LogP contribution is 2.18. The molecule has 2 aromatic rings. The Bertz CT molecular complexity index is 548. The van der Waals surface area contributed by atoms with Crippen LogP contribution in [0.3, 0.4) is 0 Å². The highest BCUT2D eigenvalue weighted by Gasteiger charge is 2.11. The van der Waals surface area contributed by atoms with Gasteiger partial charge in [-0.05, 0) is 22.8 Å². The van der Waals surface area contributed by atoms with Crippen molar-refractivity contribution in [3.05, 3.63) is 48.0 Å². The van der Waals surface area contributed by atoms with Gasteiger partial charge in [-0.25, -0.2) is 0 Å². The molecule has 2 rings (SSSR count). The summed E-state index contributed by atoms with van der Waals surface area (Å²) in [6, 6.07) is 14.4. The van der Waals surface area contributed by atoms with E-state index >= 15 is 0 Å². The molecule has 1 amide bonds. The first-order chi connectivity index (χ1) is 8.72. The first-order valence-electron chi connectivity index (χ1n) is 6.10. The summed E-state index contributed by atoms with van der Waals surface area (Å²) in [5, 5.41) is 5.36. The Hall–Kier alpha value is -1.35. The Labute approximate surface area is 116 Å². The van der Waals surface area contributed by atoms with E-state index in [9.17, 15) is 4.79 Å². The lowest BCUT2D eigenvalue weighted by Gasteiger charge is -2.10. The fourth-order valence-electron chi connectivity index (χ4n) is 1.93. The SMILES string of the molecule is CCC(Br)C(=O)NCc1cccc2ccccc12. The normalized spacial score (nSPS) is 12.3. The molecule has 2 aromatic carbocycles. The third-order valence-corrected chi connectivity index (χ3v) is 4.04. The Morgan fingerprint density at radius 2 is 1.94 bits per heavy atom. The van der Waals surface area contributed by atoms with E-state index in [1.54, 1.807) is 0 Å². The van der Waals surface area contributed by atoms with E-state index in [-0.39, 0.29) is 10.7 Å². The van der Waals surface area contributed by atoms with Crippen LogP contribution in [0.5, 0.6) is 0 Å². The lowest BCUT2D eigenvalue weighted by Crippen LogP contribution is -2.30. The fourth-order valence-corrected chi connectivity index (χ4v) is 2.09. The minimum Gasteiger partial charge on any atom is -0.351 e. The standard InChI is InChI=1S/C15H16BrNO/c1-2-14(16)15(18)17-10-12-8-5-7-11-6-3-4-9-13(11)12/h3-9,14H,2,10H2,1H3,(H,17,18). The second-order valence-electron chi connectivity index (χ2n) is 4.23. The molecular weight excluding hydrogens is 290 g/mol. The third kappa shape index (κ3) is 2.91. The molecule has 0 aliphatic carbocycles. The minimum atomic E-state index is -0.104. The van der Waals surface area contributed by atoms with Gasteiger partial charge in [0.2, 0.25) is 5.91 Å². The molecule has 18 heavy (non-hydrogen) atoms. The molecule has 94 valence electrons. The number of hydrogen-bond acceptors (Lipinski definition) is 1. The Kier molecular flexibility index (Phi) is 4.37. The molecule has 0 heterocycles. The second-order valence-corrected chi connectivity index (χ2v) is 5.34. The molecule has 0 radical (unpaired) electrons. The highest BCUT2D eigenvalue weighted by atomic mass is 79.9. The van der Waals surface area contributed by atoms with Crippen molar-refractivity contribution in [3.8, 4) is 0 Å². The number of halogens is 1. The van der Waals surface area contributed by atoms with Gasteiger partial charge in [-0.2, -0.15) is 0 Å². The average molecular weight is 306 g/mol. The van der Waals surface area contributed by atoms with E-state index in [1.165, 1.54) is 10.8 Å². The number of carbonyl (C=O) groups is 1. The van der Waals surface area contributed by atoms with Crippen LogP contribution in [-0.2, 0) is 11.3 Å². The van der Waals surface area contributed by atoms with E-state index in [2.05, 4.69) is 45.5 Å². The zero-order valence-electron chi connectivity index (χ0n) is 10.3. The van der Waals surface area contributed by atoms with Crippen LogP contribution in [0.4, 0.5) is 0 Å². The maximum absolute atomic E-state index is 11.7. The molecule has 0 aliphatic heterocycles. The average Bonchev–Trinajstić information content (AvgIpc) is 2.43. The lowest BCUT2D eigenvalue weighted by molar-refractivity contribution is -0.120. The smallest absolute Gasteiger partial charge is 0.234 e. The van der Waals surface area contributed by atoms with Crippen LogP contribution in [0.25, 0.3) is 10.8 Å².